The molecule has 0 aromatic heterocycles. The number of halogens is 2. The lowest BCUT2D eigenvalue weighted by Crippen LogP contribution is -2.15. The van der Waals surface area contributed by atoms with Crippen LogP contribution in [0.5, 0.6) is 0 Å². The molecule has 0 bridgehead atoms. The Morgan fingerprint density at radius 2 is 2.18 bits per heavy atom. The number of rotatable bonds is 4. The molecule has 1 aliphatic rings. The fraction of sp³-hybridized carbons (Fsp3) is 0.500. The average Bonchev–Trinajstić information content (AvgIpc) is 2.97. The molecule has 1 aromatic rings. The van der Waals surface area contributed by atoms with E-state index in [4.69, 9.17) is 11.6 Å². The van der Waals surface area contributed by atoms with Crippen molar-refractivity contribution in [2.75, 3.05) is 0 Å². The summed E-state index contributed by atoms with van der Waals surface area (Å²) in [5.41, 5.74) is 0.461. The van der Waals surface area contributed by atoms with E-state index in [1.54, 1.807) is 0 Å². The SMILES string of the molecule is CC(Cl)C1(Cc2cc(F)cc([N+](=O)[O-])c2)CC1. The molecule has 3 nitrogen and oxygen atoms in total. The Morgan fingerprint density at radius 3 is 2.65 bits per heavy atom. The van der Waals surface area contributed by atoms with Crippen molar-refractivity contribution in [2.24, 2.45) is 5.41 Å². The van der Waals surface area contributed by atoms with Crippen LogP contribution in [0, 0.1) is 21.3 Å². The molecule has 1 saturated carbocycles. The van der Waals surface area contributed by atoms with Crippen molar-refractivity contribution in [1.82, 2.24) is 0 Å². The maximum atomic E-state index is 13.2. The molecule has 1 aromatic carbocycles. The first-order chi connectivity index (χ1) is 7.93. The van der Waals surface area contributed by atoms with Gasteiger partial charge in [-0.1, -0.05) is 0 Å². The summed E-state index contributed by atoms with van der Waals surface area (Å²) in [6, 6.07) is 3.72. The first-order valence-electron chi connectivity index (χ1n) is 5.51. The molecular weight excluding hydrogens is 245 g/mol. The van der Waals surface area contributed by atoms with E-state index in [0.717, 1.165) is 18.9 Å². The number of nitro benzene ring substituents is 1. The van der Waals surface area contributed by atoms with Crippen LogP contribution in [0.2, 0.25) is 0 Å². The molecule has 1 fully saturated rings. The molecule has 17 heavy (non-hydrogen) atoms. The van der Waals surface area contributed by atoms with Gasteiger partial charge >= 0.3 is 0 Å². The minimum Gasteiger partial charge on any atom is -0.258 e. The molecular formula is C12H13ClFNO2. The number of nitro groups is 1. The first kappa shape index (κ1) is 12.3. The van der Waals surface area contributed by atoms with Gasteiger partial charge in [0, 0.05) is 11.4 Å². The van der Waals surface area contributed by atoms with Gasteiger partial charge in [-0.3, -0.25) is 10.1 Å². The van der Waals surface area contributed by atoms with Crippen molar-refractivity contribution in [3.05, 3.63) is 39.7 Å². The second-order valence-electron chi connectivity index (χ2n) is 4.73. The summed E-state index contributed by atoms with van der Waals surface area (Å²) in [6.45, 7) is 1.92. The highest BCUT2D eigenvalue weighted by Gasteiger charge is 2.46. The second kappa shape index (κ2) is 4.26. The zero-order valence-corrected chi connectivity index (χ0v) is 10.2. The van der Waals surface area contributed by atoms with Gasteiger partial charge in [-0.25, -0.2) is 4.39 Å². The highest BCUT2D eigenvalue weighted by atomic mass is 35.5. The van der Waals surface area contributed by atoms with E-state index in [9.17, 15) is 14.5 Å². The summed E-state index contributed by atoms with van der Waals surface area (Å²) < 4.78 is 13.2. The standard InChI is InChI=1S/C12H13ClFNO2/c1-8(13)12(2-3-12)7-9-4-10(14)6-11(5-9)15(16)17/h4-6,8H,2-3,7H2,1H3. The van der Waals surface area contributed by atoms with Gasteiger partial charge in [0.2, 0.25) is 0 Å². The summed E-state index contributed by atoms with van der Waals surface area (Å²) in [6.07, 6.45) is 2.61. The van der Waals surface area contributed by atoms with Gasteiger partial charge in [0.25, 0.3) is 5.69 Å². The van der Waals surface area contributed by atoms with Crippen molar-refractivity contribution in [3.8, 4) is 0 Å². The van der Waals surface area contributed by atoms with Crippen LogP contribution in [0.3, 0.4) is 0 Å². The van der Waals surface area contributed by atoms with Crippen LogP contribution in [-0.4, -0.2) is 10.3 Å². The topological polar surface area (TPSA) is 43.1 Å². The van der Waals surface area contributed by atoms with E-state index in [2.05, 4.69) is 0 Å². The number of nitrogens with zero attached hydrogens (tertiary/aromatic N) is 1. The molecule has 0 N–H and O–H groups in total. The molecule has 1 atom stereocenters. The van der Waals surface area contributed by atoms with Gasteiger partial charge in [0.15, 0.2) is 0 Å². The fourth-order valence-electron chi connectivity index (χ4n) is 2.12. The van der Waals surface area contributed by atoms with E-state index in [1.807, 2.05) is 6.92 Å². The van der Waals surface area contributed by atoms with Gasteiger partial charge in [-0.2, -0.15) is 0 Å². The smallest absolute Gasteiger partial charge is 0.258 e. The third-order valence-electron chi connectivity index (χ3n) is 3.45. The fourth-order valence-corrected chi connectivity index (χ4v) is 2.42. The van der Waals surface area contributed by atoms with Crippen molar-refractivity contribution >= 4 is 17.3 Å². The minimum atomic E-state index is -0.573. The zero-order chi connectivity index (χ0) is 12.6. The summed E-state index contributed by atoms with van der Waals surface area (Å²) in [5, 5.41) is 10.6. The largest absolute Gasteiger partial charge is 0.272 e. The van der Waals surface area contributed by atoms with Crippen LogP contribution in [0.1, 0.15) is 25.3 Å². The minimum absolute atomic E-state index is 0.00319. The number of alkyl halides is 1. The number of hydrogen-bond donors (Lipinski definition) is 0. The van der Waals surface area contributed by atoms with E-state index < -0.39 is 10.7 Å². The van der Waals surface area contributed by atoms with Crippen LogP contribution >= 0.6 is 11.6 Å². The Labute approximate surface area is 104 Å². The van der Waals surface area contributed by atoms with Crippen molar-refractivity contribution in [2.45, 2.75) is 31.6 Å². The van der Waals surface area contributed by atoms with E-state index in [0.29, 0.717) is 12.0 Å². The molecule has 5 heteroatoms. The van der Waals surface area contributed by atoms with Crippen LogP contribution in [0.15, 0.2) is 18.2 Å². The Bertz CT molecular complexity index is 458. The van der Waals surface area contributed by atoms with E-state index in [-0.39, 0.29) is 16.5 Å². The third kappa shape index (κ3) is 2.57. The maximum Gasteiger partial charge on any atom is 0.272 e. The number of benzene rings is 1. The van der Waals surface area contributed by atoms with Crippen molar-refractivity contribution < 1.29 is 9.31 Å². The lowest BCUT2D eigenvalue weighted by Gasteiger charge is -2.17. The summed E-state index contributed by atoms with van der Waals surface area (Å²) in [4.78, 5) is 10.1. The Hall–Kier alpha value is -1.16. The number of hydrogen-bond acceptors (Lipinski definition) is 2. The molecule has 0 amide bonds. The van der Waals surface area contributed by atoms with Gasteiger partial charge in [0.05, 0.1) is 11.0 Å². The Balaban J connectivity index is 2.24. The molecule has 0 radical (unpaired) electrons. The lowest BCUT2D eigenvalue weighted by molar-refractivity contribution is -0.385. The maximum absolute atomic E-state index is 13.2. The van der Waals surface area contributed by atoms with Gasteiger partial charge in [0.1, 0.15) is 5.82 Å². The molecule has 92 valence electrons. The molecule has 0 saturated heterocycles. The Morgan fingerprint density at radius 1 is 1.53 bits per heavy atom. The third-order valence-corrected chi connectivity index (χ3v) is 3.91. The second-order valence-corrected chi connectivity index (χ2v) is 5.38. The highest BCUT2D eigenvalue weighted by molar-refractivity contribution is 6.21. The summed E-state index contributed by atoms with van der Waals surface area (Å²) in [5.74, 6) is -0.563. The van der Waals surface area contributed by atoms with Crippen LogP contribution in [-0.2, 0) is 6.42 Å². The molecule has 1 unspecified atom stereocenters. The van der Waals surface area contributed by atoms with Crippen LogP contribution < -0.4 is 0 Å². The zero-order valence-electron chi connectivity index (χ0n) is 9.45. The molecule has 1 aliphatic carbocycles. The normalized spacial score (nSPS) is 18.8. The van der Waals surface area contributed by atoms with Crippen LogP contribution in [0.4, 0.5) is 10.1 Å². The molecule has 2 rings (SSSR count). The summed E-state index contributed by atoms with van der Waals surface area (Å²) in [7, 11) is 0. The van der Waals surface area contributed by atoms with Gasteiger partial charge in [-0.05, 0) is 43.2 Å². The molecule has 0 spiro atoms. The van der Waals surface area contributed by atoms with Crippen molar-refractivity contribution in [3.63, 3.8) is 0 Å². The predicted molar refractivity (Wildman–Crippen MR) is 63.7 cm³/mol. The highest BCUT2D eigenvalue weighted by Crippen LogP contribution is 2.53. The number of non-ortho nitro benzene ring substituents is 1. The first-order valence-corrected chi connectivity index (χ1v) is 5.94. The predicted octanol–water partition coefficient (Wildman–Crippen LogP) is 3.68. The molecule has 0 heterocycles. The quantitative estimate of drug-likeness (QED) is 0.469. The van der Waals surface area contributed by atoms with E-state index >= 15 is 0 Å². The average molecular weight is 258 g/mol. The molecule has 0 aliphatic heterocycles. The monoisotopic (exact) mass is 257 g/mol. The van der Waals surface area contributed by atoms with Crippen LogP contribution in [0.25, 0.3) is 0 Å². The Kier molecular flexibility index (Phi) is 3.08. The van der Waals surface area contributed by atoms with Gasteiger partial charge in [-0.15, -0.1) is 11.6 Å². The van der Waals surface area contributed by atoms with Gasteiger partial charge < -0.3 is 0 Å². The lowest BCUT2D eigenvalue weighted by atomic mass is 9.93. The van der Waals surface area contributed by atoms with Crippen molar-refractivity contribution in [1.29, 1.82) is 0 Å². The summed E-state index contributed by atoms with van der Waals surface area (Å²) >= 11 is 6.10. The van der Waals surface area contributed by atoms with E-state index in [1.165, 1.54) is 12.1 Å².